The fourth-order valence-electron chi connectivity index (χ4n) is 4.11. The van der Waals surface area contributed by atoms with Crippen LogP contribution in [0.5, 0.6) is 0 Å². The van der Waals surface area contributed by atoms with E-state index in [1.807, 2.05) is 42.6 Å². The van der Waals surface area contributed by atoms with Gasteiger partial charge in [0.2, 0.25) is 5.91 Å². The summed E-state index contributed by atoms with van der Waals surface area (Å²) in [6.45, 7) is 2.40. The number of nitrogens with one attached hydrogen (secondary N) is 1. The third kappa shape index (κ3) is 4.72. The molecule has 4 heterocycles. The van der Waals surface area contributed by atoms with E-state index in [0.29, 0.717) is 31.9 Å². The van der Waals surface area contributed by atoms with E-state index in [9.17, 15) is 9.59 Å². The van der Waals surface area contributed by atoms with Crippen LogP contribution in [0.15, 0.2) is 77.7 Å². The highest BCUT2D eigenvalue weighted by Crippen LogP contribution is 2.25. The molecule has 0 spiro atoms. The maximum Gasteiger partial charge on any atom is 0.322 e. The molecule has 5 rings (SSSR count). The normalized spacial score (nSPS) is 15.5. The Morgan fingerprint density at radius 1 is 1.03 bits per heavy atom. The van der Waals surface area contributed by atoms with E-state index in [4.69, 9.17) is 4.42 Å². The summed E-state index contributed by atoms with van der Waals surface area (Å²) in [6, 6.07) is 13.3. The molecule has 7 heteroatoms. The molecule has 33 heavy (non-hydrogen) atoms. The molecule has 166 valence electrons. The summed E-state index contributed by atoms with van der Waals surface area (Å²) >= 11 is 0. The SMILES string of the molecule is O=C(C=Cc1ccco1)N1CC=C(c2ccc(NC(=O)N3Cc4ccncc4C3)cc2)CC1. The highest BCUT2D eigenvalue weighted by atomic mass is 16.3. The maximum atomic E-state index is 12.6. The maximum absolute atomic E-state index is 12.6. The zero-order valence-electron chi connectivity index (χ0n) is 18.1. The molecule has 2 aliphatic rings. The number of benzene rings is 1. The number of pyridine rings is 1. The van der Waals surface area contributed by atoms with Crippen LogP contribution in [-0.2, 0) is 17.9 Å². The molecule has 2 aromatic heterocycles. The third-order valence-corrected chi connectivity index (χ3v) is 5.98. The lowest BCUT2D eigenvalue weighted by molar-refractivity contribution is -0.125. The van der Waals surface area contributed by atoms with E-state index in [0.717, 1.165) is 28.8 Å². The molecule has 0 aliphatic carbocycles. The Bertz CT molecular complexity index is 1190. The number of urea groups is 1. The Hall–Kier alpha value is -4.13. The lowest BCUT2D eigenvalue weighted by atomic mass is 9.99. The summed E-state index contributed by atoms with van der Waals surface area (Å²) in [6.07, 6.45) is 11.3. The Morgan fingerprint density at radius 2 is 1.88 bits per heavy atom. The molecule has 0 radical (unpaired) electrons. The van der Waals surface area contributed by atoms with Crippen LogP contribution in [0.1, 0.15) is 28.9 Å². The lowest BCUT2D eigenvalue weighted by Crippen LogP contribution is -2.33. The Balaban J connectivity index is 1.15. The van der Waals surface area contributed by atoms with Gasteiger partial charge in [0.15, 0.2) is 0 Å². The first-order chi connectivity index (χ1) is 16.2. The first kappa shape index (κ1) is 20.8. The number of rotatable bonds is 4. The van der Waals surface area contributed by atoms with Gasteiger partial charge in [0, 0.05) is 50.3 Å². The fraction of sp³-hybridized carbons (Fsp3) is 0.192. The Labute approximate surface area is 192 Å². The summed E-state index contributed by atoms with van der Waals surface area (Å²) in [7, 11) is 0. The number of furan rings is 1. The minimum Gasteiger partial charge on any atom is -0.465 e. The van der Waals surface area contributed by atoms with Gasteiger partial charge in [-0.15, -0.1) is 0 Å². The third-order valence-electron chi connectivity index (χ3n) is 5.98. The summed E-state index contributed by atoms with van der Waals surface area (Å²) in [5.74, 6) is 0.634. The molecule has 0 fully saturated rings. The molecule has 0 unspecified atom stereocenters. The number of amides is 3. The topological polar surface area (TPSA) is 78.7 Å². The van der Waals surface area contributed by atoms with E-state index < -0.39 is 0 Å². The quantitative estimate of drug-likeness (QED) is 0.604. The minimum atomic E-state index is -0.118. The van der Waals surface area contributed by atoms with Crippen LogP contribution in [-0.4, -0.2) is 39.8 Å². The molecule has 0 atom stereocenters. The molecule has 7 nitrogen and oxygen atoms in total. The van der Waals surface area contributed by atoms with Gasteiger partial charge in [-0.05, 0) is 65.1 Å². The monoisotopic (exact) mass is 440 g/mol. The van der Waals surface area contributed by atoms with Gasteiger partial charge in [-0.1, -0.05) is 18.2 Å². The summed E-state index contributed by atoms with van der Waals surface area (Å²) in [5, 5.41) is 2.98. The molecule has 0 saturated heterocycles. The van der Waals surface area contributed by atoms with Gasteiger partial charge in [0.05, 0.1) is 6.26 Å². The van der Waals surface area contributed by atoms with Crippen molar-refractivity contribution < 1.29 is 14.0 Å². The number of nitrogens with zero attached hydrogens (tertiary/aromatic N) is 3. The molecule has 3 amide bonds. The number of aromatic nitrogens is 1. The Morgan fingerprint density at radius 3 is 2.61 bits per heavy atom. The minimum absolute atomic E-state index is 0.0281. The summed E-state index contributed by atoms with van der Waals surface area (Å²) in [5.41, 5.74) is 5.30. The van der Waals surface area contributed by atoms with E-state index in [1.165, 1.54) is 5.57 Å². The summed E-state index contributed by atoms with van der Waals surface area (Å²) in [4.78, 5) is 32.7. The first-order valence-electron chi connectivity index (χ1n) is 10.9. The summed E-state index contributed by atoms with van der Waals surface area (Å²) < 4.78 is 5.22. The van der Waals surface area contributed by atoms with Gasteiger partial charge in [0.1, 0.15) is 5.76 Å². The molecular formula is C26H24N4O3. The molecule has 1 N–H and O–H groups in total. The average molecular weight is 441 g/mol. The fourth-order valence-corrected chi connectivity index (χ4v) is 4.11. The molecule has 0 saturated carbocycles. The number of carbonyl (C=O) groups is 2. The van der Waals surface area contributed by atoms with E-state index in [2.05, 4.69) is 16.4 Å². The highest BCUT2D eigenvalue weighted by molar-refractivity contribution is 5.92. The lowest BCUT2D eigenvalue weighted by Gasteiger charge is -2.25. The van der Waals surface area contributed by atoms with Crippen LogP contribution in [0.2, 0.25) is 0 Å². The number of hydrogen-bond acceptors (Lipinski definition) is 4. The first-order valence-corrected chi connectivity index (χ1v) is 10.9. The molecular weight excluding hydrogens is 416 g/mol. The van der Waals surface area contributed by atoms with Crippen LogP contribution >= 0.6 is 0 Å². The van der Waals surface area contributed by atoms with Crippen molar-refractivity contribution in [1.29, 1.82) is 0 Å². The zero-order valence-corrected chi connectivity index (χ0v) is 18.1. The highest BCUT2D eigenvalue weighted by Gasteiger charge is 2.23. The Kier molecular flexibility index (Phi) is 5.76. The van der Waals surface area contributed by atoms with Gasteiger partial charge < -0.3 is 19.5 Å². The van der Waals surface area contributed by atoms with Crippen molar-refractivity contribution in [2.45, 2.75) is 19.5 Å². The average Bonchev–Trinajstić information content (AvgIpc) is 3.53. The van der Waals surface area contributed by atoms with Gasteiger partial charge in [-0.3, -0.25) is 9.78 Å². The standard InChI is InChI=1S/C26H24N4O3/c31-25(8-7-24-2-1-15-33-24)29-13-10-20(11-14-29)19-3-5-23(6-4-19)28-26(32)30-17-21-9-12-27-16-22(21)18-30/h1-10,12,15-16H,11,13-14,17-18H2,(H,28,32). The molecule has 2 aliphatic heterocycles. The van der Waals surface area contributed by atoms with Crippen LogP contribution < -0.4 is 5.32 Å². The van der Waals surface area contributed by atoms with Crippen LogP contribution in [0.25, 0.3) is 11.6 Å². The van der Waals surface area contributed by atoms with Crippen molar-refractivity contribution in [2.24, 2.45) is 0 Å². The second-order valence-electron chi connectivity index (χ2n) is 8.12. The van der Waals surface area contributed by atoms with E-state index in [1.54, 1.807) is 40.5 Å². The number of fused-ring (bicyclic) bond motifs is 1. The van der Waals surface area contributed by atoms with Crippen LogP contribution in [0, 0.1) is 0 Å². The molecule has 3 aromatic rings. The van der Waals surface area contributed by atoms with Crippen molar-refractivity contribution in [3.8, 4) is 0 Å². The molecule has 1 aromatic carbocycles. The van der Waals surface area contributed by atoms with Crippen molar-refractivity contribution in [1.82, 2.24) is 14.8 Å². The van der Waals surface area contributed by atoms with Crippen molar-refractivity contribution in [2.75, 3.05) is 18.4 Å². The van der Waals surface area contributed by atoms with Gasteiger partial charge in [0.25, 0.3) is 0 Å². The van der Waals surface area contributed by atoms with E-state index >= 15 is 0 Å². The van der Waals surface area contributed by atoms with Gasteiger partial charge in [-0.2, -0.15) is 0 Å². The predicted molar refractivity (Wildman–Crippen MR) is 126 cm³/mol. The smallest absolute Gasteiger partial charge is 0.322 e. The van der Waals surface area contributed by atoms with Gasteiger partial charge >= 0.3 is 6.03 Å². The number of anilines is 1. The largest absolute Gasteiger partial charge is 0.465 e. The predicted octanol–water partition coefficient (Wildman–Crippen LogP) is 4.55. The van der Waals surface area contributed by atoms with Crippen molar-refractivity contribution >= 4 is 29.3 Å². The molecule has 0 bridgehead atoms. The number of carbonyl (C=O) groups excluding carboxylic acids is 2. The van der Waals surface area contributed by atoms with Gasteiger partial charge in [-0.25, -0.2) is 4.79 Å². The van der Waals surface area contributed by atoms with Crippen molar-refractivity contribution in [3.05, 3.63) is 95.7 Å². The van der Waals surface area contributed by atoms with Crippen LogP contribution in [0.3, 0.4) is 0 Å². The van der Waals surface area contributed by atoms with Crippen LogP contribution in [0.4, 0.5) is 10.5 Å². The number of hydrogen-bond donors (Lipinski definition) is 1. The van der Waals surface area contributed by atoms with E-state index in [-0.39, 0.29) is 11.9 Å². The zero-order chi connectivity index (χ0) is 22.6. The van der Waals surface area contributed by atoms with Crippen molar-refractivity contribution in [3.63, 3.8) is 0 Å². The second-order valence-corrected chi connectivity index (χ2v) is 8.12. The second kappa shape index (κ2) is 9.16.